The Kier molecular flexibility index (Phi) is 1.96. The minimum absolute atomic E-state index is 0.682. The van der Waals surface area contributed by atoms with Crippen molar-refractivity contribution in [2.75, 3.05) is 0 Å². The molecule has 0 radical (unpaired) electrons. The second kappa shape index (κ2) is 3.52. The Balaban J connectivity index is 2.13. The van der Waals surface area contributed by atoms with Crippen LogP contribution in [-0.2, 0) is 6.54 Å². The third kappa shape index (κ3) is 1.29. The fourth-order valence-electron chi connectivity index (χ4n) is 2.30. The third-order valence-corrected chi connectivity index (χ3v) is 3.59. The van der Waals surface area contributed by atoms with Gasteiger partial charge >= 0.3 is 0 Å². The van der Waals surface area contributed by atoms with Crippen LogP contribution in [0.2, 0.25) is 0 Å². The highest BCUT2D eigenvalue weighted by atomic mass is 79.9. The van der Waals surface area contributed by atoms with Crippen LogP contribution in [-0.4, -0.2) is 24.3 Å². The van der Waals surface area contributed by atoms with E-state index in [2.05, 4.69) is 47.7 Å². The minimum Gasteiger partial charge on any atom is -0.301 e. The van der Waals surface area contributed by atoms with E-state index in [9.17, 15) is 0 Å². The van der Waals surface area contributed by atoms with E-state index in [-0.39, 0.29) is 0 Å². The molecular weight excluding hydrogens is 294 g/mol. The molecule has 0 spiro atoms. The second-order valence-corrected chi connectivity index (χ2v) is 5.07. The molecule has 0 N–H and O–H groups in total. The zero-order chi connectivity index (χ0) is 12.1. The van der Waals surface area contributed by atoms with Gasteiger partial charge in [0.1, 0.15) is 6.33 Å². The molecule has 1 aliphatic heterocycles. The van der Waals surface area contributed by atoms with Crippen LogP contribution in [0.1, 0.15) is 5.69 Å². The van der Waals surface area contributed by atoms with Gasteiger partial charge in [0.2, 0.25) is 0 Å². The van der Waals surface area contributed by atoms with Crippen molar-refractivity contribution in [2.24, 2.45) is 0 Å². The predicted octanol–water partition coefficient (Wildman–Crippen LogP) is 2.25. The first-order valence-corrected chi connectivity index (χ1v) is 6.31. The number of rotatable bonds is 0. The molecule has 0 saturated carbocycles. The van der Waals surface area contributed by atoms with E-state index in [0.717, 1.165) is 27.2 Å². The highest BCUT2D eigenvalue weighted by molar-refractivity contribution is 9.10. The van der Waals surface area contributed by atoms with Crippen molar-refractivity contribution >= 4 is 15.9 Å². The Morgan fingerprint density at radius 2 is 2.22 bits per heavy atom. The summed E-state index contributed by atoms with van der Waals surface area (Å²) in [5.41, 5.74) is 3.24. The summed E-state index contributed by atoms with van der Waals surface area (Å²) in [6.07, 6.45) is 5.28. The quantitative estimate of drug-likeness (QED) is 0.500. The lowest BCUT2D eigenvalue weighted by atomic mass is 10.1. The lowest BCUT2D eigenvalue weighted by Gasteiger charge is -2.08. The first-order chi connectivity index (χ1) is 8.83. The maximum Gasteiger partial charge on any atom is 0.160 e. The van der Waals surface area contributed by atoms with Gasteiger partial charge in [0.25, 0.3) is 0 Å². The van der Waals surface area contributed by atoms with E-state index in [1.54, 1.807) is 6.33 Å². The van der Waals surface area contributed by atoms with Crippen LogP contribution in [0.4, 0.5) is 0 Å². The molecular formula is C12H8BrN5. The zero-order valence-corrected chi connectivity index (χ0v) is 10.9. The number of imidazole rings is 1. The molecule has 0 saturated heterocycles. The monoisotopic (exact) mass is 301 g/mol. The number of hydrogen-bond donors (Lipinski definition) is 0. The summed E-state index contributed by atoms with van der Waals surface area (Å²) in [4.78, 5) is 8.57. The molecule has 0 bridgehead atoms. The number of benzene rings is 1. The number of fused-ring (bicyclic) bond motifs is 5. The van der Waals surface area contributed by atoms with E-state index in [4.69, 9.17) is 0 Å². The van der Waals surface area contributed by atoms with Gasteiger partial charge in [0, 0.05) is 10.0 Å². The Bertz CT molecular complexity index is 743. The van der Waals surface area contributed by atoms with Gasteiger partial charge in [-0.2, -0.15) is 5.10 Å². The van der Waals surface area contributed by atoms with Gasteiger partial charge in [-0.1, -0.05) is 15.9 Å². The molecule has 3 aromatic rings. The topological polar surface area (TPSA) is 48.5 Å². The van der Waals surface area contributed by atoms with Crippen molar-refractivity contribution in [3.63, 3.8) is 0 Å². The first kappa shape index (κ1) is 10.0. The molecule has 18 heavy (non-hydrogen) atoms. The summed E-state index contributed by atoms with van der Waals surface area (Å²) in [5, 5.41) is 4.27. The summed E-state index contributed by atoms with van der Waals surface area (Å²) in [5.74, 6) is 0.884. The molecule has 3 heterocycles. The average molecular weight is 302 g/mol. The molecule has 1 aromatic carbocycles. The maximum atomic E-state index is 4.36. The molecule has 0 fully saturated rings. The first-order valence-electron chi connectivity index (χ1n) is 5.52. The molecule has 0 aliphatic carbocycles. The van der Waals surface area contributed by atoms with E-state index in [0.29, 0.717) is 6.54 Å². The number of aromatic nitrogens is 5. The van der Waals surface area contributed by atoms with Crippen LogP contribution in [0.5, 0.6) is 0 Å². The smallest absolute Gasteiger partial charge is 0.160 e. The zero-order valence-electron chi connectivity index (χ0n) is 9.29. The Morgan fingerprint density at radius 1 is 1.28 bits per heavy atom. The van der Waals surface area contributed by atoms with E-state index >= 15 is 0 Å². The largest absolute Gasteiger partial charge is 0.301 e. The SMILES string of the molecule is Brc1ccc2c(c1)-c1ncnn1Cc1cncn1-2. The minimum atomic E-state index is 0.682. The van der Waals surface area contributed by atoms with Gasteiger partial charge in [0.05, 0.1) is 30.5 Å². The predicted molar refractivity (Wildman–Crippen MR) is 69.4 cm³/mol. The van der Waals surface area contributed by atoms with Crippen molar-refractivity contribution in [3.8, 4) is 17.1 Å². The fraction of sp³-hybridized carbons (Fsp3) is 0.0833. The van der Waals surface area contributed by atoms with E-state index < -0.39 is 0 Å². The molecule has 2 aromatic heterocycles. The normalized spacial score (nSPS) is 12.5. The van der Waals surface area contributed by atoms with Crippen LogP contribution >= 0.6 is 15.9 Å². The van der Waals surface area contributed by atoms with Crippen molar-refractivity contribution in [1.82, 2.24) is 24.3 Å². The molecule has 4 rings (SSSR count). The fourth-order valence-corrected chi connectivity index (χ4v) is 2.66. The van der Waals surface area contributed by atoms with Crippen LogP contribution in [0, 0.1) is 0 Å². The van der Waals surface area contributed by atoms with Crippen molar-refractivity contribution in [3.05, 3.63) is 47.2 Å². The van der Waals surface area contributed by atoms with Gasteiger partial charge in [-0.05, 0) is 18.2 Å². The van der Waals surface area contributed by atoms with Gasteiger partial charge in [0.15, 0.2) is 5.82 Å². The molecule has 6 heteroatoms. The number of halogens is 1. The van der Waals surface area contributed by atoms with Crippen molar-refractivity contribution in [2.45, 2.75) is 6.54 Å². The molecule has 1 aliphatic rings. The van der Waals surface area contributed by atoms with Crippen LogP contribution < -0.4 is 0 Å². The van der Waals surface area contributed by atoms with Gasteiger partial charge in [-0.25, -0.2) is 14.6 Å². The third-order valence-electron chi connectivity index (χ3n) is 3.10. The van der Waals surface area contributed by atoms with E-state index in [1.165, 1.54) is 0 Å². The van der Waals surface area contributed by atoms with E-state index in [1.807, 2.05) is 23.3 Å². The van der Waals surface area contributed by atoms with Crippen molar-refractivity contribution < 1.29 is 0 Å². The summed E-state index contributed by atoms with van der Waals surface area (Å²) in [6.45, 7) is 0.682. The summed E-state index contributed by atoms with van der Waals surface area (Å²) in [6, 6.07) is 6.15. The molecule has 5 nitrogen and oxygen atoms in total. The number of hydrogen-bond acceptors (Lipinski definition) is 3. The van der Waals surface area contributed by atoms with Crippen molar-refractivity contribution in [1.29, 1.82) is 0 Å². The van der Waals surface area contributed by atoms with Gasteiger partial charge in [-0.15, -0.1) is 0 Å². The lowest BCUT2D eigenvalue weighted by molar-refractivity contribution is 0.677. The van der Waals surface area contributed by atoms with Crippen LogP contribution in [0.3, 0.4) is 0 Å². The van der Waals surface area contributed by atoms with Gasteiger partial charge in [-0.3, -0.25) is 0 Å². The summed E-state index contributed by atoms with van der Waals surface area (Å²) in [7, 11) is 0. The molecule has 0 amide bonds. The average Bonchev–Trinajstić information content (AvgIpc) is 2.97. The van der Waals surface area contributed by atoms with Crippen LogP contribution in [0.15, 0.2) is 41.5 Å². The molecule has 88 valence electrons. The Labute approximate surface area is 111 Å². The highest BCUT2D eigenvalue weighted by Crippen LogP contribution is 2.31. The van der Waals surface area contributed by atoms with Gasteiger partial charge < -0.3 is 4.57 Å². The Hall–Kier alpha value is -1.95. The number of nitrogens with zero attached hydrogens (tertiary/aromatic N) is 5. The lowest BCUT2D eigenvalue weighted by Crippen LogP contribution is -2.03. The molecule has 0 unspecified atom stereocenters. The standard InChI is InChI=1S/C12H8BrN5/c13-8-1-2-11-10(3-8)12-15-6-16-18(12)5-9-4-14-7-17(9)11/h1-4,6-7H,5H2. The van der Waals surface area contributed by atoms with Crippen LogP contribution in [0.25, 0.3) is 17.1 Å². The Morgan fingerprint density at radius 3 is 3.17 bits per heavy atom. The summed E-state index contributed by atoms with van der Waals surface area (Å²) >= 11 is 3.50. The highest BCUT2D eigenvalue weighted by Gasteiger charge is 2.20. The molecule has 0 atom stereocenters. The summed E-state index contributed by atoms with van der Waals surface area (Å²) < 4.78 is 5.00. The maximum absolute atomic E-state index is 4.36. The second-order valence-electron chi connectivity index (χ2n) is 4.16.